The highest BCUT2D eigenvalue weighted by molar-refractivity contribution is 5.85. The number of hydrogen-bond acceptors (Lipinski definition) is 11. The number of ether oxygens (including phenoxy) is 3. The molecule has 0 radical (unpaired) electrons. The molecule has 0 saturated carbocycles. The molecule has 0 amide bonds. The second-order valence-electron chi connectivity index (χ2n) is 17.2. The first-order chi connectivity index (χ1) is 29.8. The SMILES string of the molecule is CCc1cnc(N2CCC(CCOCc3ccc(CC(=O)O)c(F)c3)CC2)nc1.CCc1cnc(N2CCC(CCOCc3ccc(CC(=O)OC(C)(C)C)c(F)c3)CC2)nc1.Cl. The van der Waals surface area contributed by atoms with Crippen molar-refractivity contribution in [2.45, 2.75) is 118 Å². The Hall–Kier alpha value is -4.79. The molecule has 0 bridgehead atoms. The molecule has 12 nitrogen and oxygen atoms in total. The Balaban J connectivity index is 0.000000274. The third-order valence-corrected chi connectivity index (χ3v) is 11.2. The van der Waals surface area contributed by atoms with Crippen LogP contribution in [0.15, 0.2) is 61.2 Å². The zero-order chi connectivity index (χ0) is 44.5. The third-order valence-electron chi connectivity index (χ3n) is 11.2. The number of rotatable bonds is 18. The molecule has 0 atom stereocenters. The summed E-state index contributed by atoms with van der Waals surface area (Å²) in [6, 6.07) is 9.51. The van der Waals surface area contributed by atoms with Crippen LogP contribution in [0.1, 0.15) is 107 Å². The smallest absolute Gasteiger partial charge is 0.310 e. The van der Waals surface area contributed by atoms with Gasteiger partial charge in [0.1, 0.15) is 17.2 Å². The van der Waals surface area contributed by atoms with Crippen molar-refractivity contribution in [3.8, 4) is 0 Å². The number of esters is 1. The minimum Gasteiger partial charge on any atom is -0.481 e. The molecule has 0 unspecified atom stereocenters. The van der Waals surface area contributed by atoms with Gasteiger partial charge in [-0.3, -0.25) is 9.59 Å². The molecule has 2 aromatic carbocycles. The molecule has 2 aliphatic rings. The van der Waals surface area contributed by atoms with Crippen molar-refractivity contribution in [3.05, 3.63) is 106 Å². The van der Waals surface area contributed by atoms with Crippen LogP contribution in [0.5, 0.6) is 0 Å². The van der Waals surface area contributed by atoms with Crippen molar-refractivity contribution in [1.82, 2.24) is 19.9 Å². The summed E-state index contributed by atoms with van der Waals surface area (Å²) in [7, 11) is 0. The van der Waals surface area contributed by atoms with Crippen molar-refractivity contribution in [2.75, 3.05) is 49.2 Å². The zero-order valence-electron chi connectivity index (χ0n) is 37.5. The van der Waals surface area contributed by atoms with Crippen molar-refractivity contribution < 1.29 is 37.7 Å². The number of halogens is 3. The summed E-state index contributed by atoms with van der Waals surface area (Å²) in [5.74, 6) is 0.493. The maximum atomic E-state index is 14.4. The highest BCUT2D eigenvalue weighted by atomic mass is 35.5. The Morgan fingerprint density at radius 1 is 0.667 bits per heavy atom. The van der Waals surface area contributed by atoms with Gasteiger partial charge in [0.05, 0.1) is 26.1 Å². The summed E-state index contributed by atoms with van der Waals surface area (Å²) in [5, 5.41) is 8.76. The largest absolute Gasteiger partial charge is 0.481 e. The van der Waals surface area contributed by atoms with Gasteiger partial charge in [-0.1, -0.05) is 38.1 Å². The van der Waals surface area contributed by atoms with E-state index in [9.17, 15) is 18.4 Å². The number of aromatic nitrogens is 4. The summed E-state index contributed by atoms with van der Waals surface area (Å²) in [4.78, 5) is 45.0. The summed E-state index contributed by atoms with van der Waals surface area (Å²) in [6.45, 7) is 15.4. The van der Waals surface area contributed by atoms with Gasteiger partial charge in [-0.2, -0.15) is 0 Å². The van der Waals surface area contributed by atoms with Gasteiger partial charge in [-0.05, 0) is 129 Å². The number of carboxylic acids is 1. The number of carbonyl (C=O) groups excluding carboxylic acids is 1. The predicted molar refractivity (Wildman–Crippen MR) is 242 cm³/mol. The number of piperidine rings is 2. The van der Waals surface area contributed by atoms with Gasteiger partial charge in [-0.25, -0.2) is 28.7 Å². The Bertz CT molecular complexity index is 2000. The molecule has 2 saturated heterocycles. The molecule has 4 heterocycles. The third kappa shape index (κ3) is 17.4. The highest BCUT2D eigenvalue weighted by Gasteiger charge is 2.23. The molecule has 1 N–H and O–H groups in total. The van der Waals surface area contributed by atoms with Gasteiger partial charge in [0.25, 0.3) is 0 Å². The number of carbonyl (C=O) groups is 2. The van der Waals surface area contributed by atoms with Gasteiger partial charge in [0, 0.05) is 64.2 Å². The van der Waals surface area contributed by atoms with Crippen LogP contribution in [-0.2, 0) is 62.7 Å². The zero-order valence-corrected chi connectivity index (χ0v) is 38.3. The van der Waals surface area contributed by atoms with E-state index in [4.69, 9.17) is 19.3 Å². The molecule has 2 aliphatic heterocycles. The Labute approximate surface area is 377 Å². The van der Waals surface area contributed by atoms with Gasteiger partial charge in [-0.15, -0.1) is 12.4 Å². The van der Waals surface area contributed by atoms with E-state index in [1.54, 1.807) is 32.9 Å². The van der Waals surface area contributed by atoms with E-state index in [0.717, 1.165) is 112 Å². The van der Waals surface area contributed by atoms with Crippen molar-refractivity contribution >= 4 is 36.2 Å². The summed E-state index contributed by atoms with van der Waals surface area (Å²) in [5.41, 5.74) is 3.75. The van der Waals surface area contributed by atoms with Gasteiger partial charge in [0.2, 0.25) is 11.9 Å². The van der Waals surface area contributed by atoms with E-state index in [-0.39, 0.29) is 30.8 Å². The van der Waals surface area contributed by atoms with Crippen LogP contribution in [0.2, 0.25) is 0 Å². The van der Waals surface area contributed by atoms with Crippen molar-refractivity contribution in [2.24, 2.45) is 11.8 Å². The van der Waals surface area contributed by atoms with Gasteiger partial charge >= 0.3 is 11.9 Å². The highest BCUT2D eigenvalue weighted by Crippen LogP contribution is 2.25. The first kappa shape index (κ1) is 50.9. The lowest BCUT2D eigenvalue weighted by molar-refractivity contribution is -0.154. The van der Waals surface area contributed by atoms with Crippen molar-refractivity contribution in [1.29, 1.82) is 0 Å². The van der Waals surface area contributed by atoms with E-state index in [1.165, 1.54) is 18.2 Å². The summed E-state index contributed by atoms with van der Waals surface area (Å²) < 4.78 is 45.1. The number of carboxylic acid groups (broad SMARTS) is 1. The fraction of sp³-hybridized carbons (Fsp3) is 0.542. The minimum atomic E-state index is -1.04. The molecular formula is C48H65ClF2N6O6. The molecule has 63 heavy (non-hydrogen) atoms. The Kier molecular flexibility index (Phi) is 20.6. The summed E-state index contributed by atoms with van der Waals surface area (Å²) in [6.07, 6.45) is 15.5. The average molecular weight is 896 g/mol. The van der Waals surface area contributed by atoms with Crippen LogP contribution in [0.4, 0.5) is 20.7 Å². The Morgan fingerprint density at radius 3 is 1.41 bits per heavy atom. The number of aliphatic carboxylic acids is 1. The van der Waals surface area contributed by atoms with Gasteiger partial charge in [0.15, 0.2) is 0 Å². The molecule has 4 aromatic rings. The van der Waals surface area contributed by atoms with E-state index in [2.05, 4.69) is 43.6 Å². The van der Waals surface area contributed by atoms with Crippen LogP contribution in [0.3, 0.4) is 0 Å². The first-order valence-corrected chi connectivity index (χ1v) is 22.0. The van der Waals surface area contributed by atoms with E-state index < -0.39 is 29.2 Å². The number of aryl methyl sites for hydroxylation is 2. The van der Waals surface area contributed by atoms with Crippen LogP contribution in [-0.4, -0.2) is 82.0 Å². The fourth-order valence-corrected chi connectivity index (χ4v) is 7.45. The lowest BCUT2D eigenvalue weighted by atomic mass is 9.94. The molecule has 6 rings (SSSR count). The predicted octanol–water partition coefficient (Wildman–Crippen LogP) is 8.94. The second-order valence-corrected chi connectivity index (χ2v) is 17.2. The molecule has 0 aliphatic carbocycles. The Morgan fingerprint density at radius 2 is 1.06 bits per heavy atom. The van der Waals surface area contributed by atoms with E-state index in [0.29, 0.717) is 43.8 Å². The normalized spacial score (nSPS) is 14.7. The molecule has 344 valence electrons. The van der Waals surface area contributed by atoms with Crippen LogP contribution < -0.4 is 9.80 Å². The number of benzene rings is 2. The molecule has 15 heteroatoms. The topological polar surface area (TPSA) is 140 Å². The first-order valence-electron chi connectivity index (χ1n) is 22.0. The number of hydrogen-bond donors (Lipinski definition) is 1. The van der Waals surface area contributed by atoms with Crippen molar-refractivity contribution in [3.63, 3.8) is 0 Å². The lowest BCUT2D eigenvalue weighted by Gasteiger charge is -2.32. The maximum Gasteiger partial charge on any atom is 0.310 e. The second kappa shape index (κ2) is 25.5. The van der Waals surface area contributed by atoms with E-state index >= 15 is 0 Å². The number of anilines is 2. The van der Waals surface area contributed by atoms with E-state index in [1.807, 2.05) is 30.9 Å². The maximum absolute atomic E-state index is 14.4. The standard InChI is InChI=1S/C26H36FN3O3.C22H28FN3O3.ClH/c1-5-19-16-28-25(29-17-19)30-11-8-20(9-12-30)10-13-32-18-21-6-7-22(23(27)14-21)15-24(31)33-26(2,3)4;1-2-16-13-24-22(25-14-16)26-8-5-17(6-9-26)7-10-29-15-18-3-4-19(12-21(27)28)20(23)11-18;/h6-7,14,16-17,20H,5,8-13,15,18H2,1-4H3;3-4,11,13-14,17H,2,5-10,12,15H2,1H3,(H,27,28);1H. The van der Waals surface area contributed by atoms with Crippen LogP contribution in [0, 0.1) is 23.5 Å². The molecule has 2 fully saturated rings. The van der Waals surface area contributed by atoms with Crippen LogP contribution in [0.25, 0.3) is 0 Å². The quantitative estimate of drug-likeness (QED) is 0.0754. The number of nitrogens with zero attached hydrogens (tertiary/aromatic N) is 6. The lowest BCUT2D eigenvalue weighted by Crippen LogP contribution is -2.35. The van der Waals surface area contributed by atoms with Crippen LogP contribution >= 0.6 is 12.4 Å². The monoisotopic (exact) mass is 894 g/mol. The van der Waals surface area contributed by atoms with Gasteiger partial charge < -0.3 is 29.1 Å². The fourth-order valence-electron chi connectivity index (χ4n) is 7.45. The average Bonchev–Trinajstić information content (AvgIpc) is 3.26. The molecule has 2 aromatic heterocycles. The summed E-state index contributed by atoms with van der Waals surface area (Å²) >= 11 is 0. The minimum absolute atomic E-state index is 0. The molecule has 0 spiro atoms. The molecular weight excluding hydrogens is 830 g/mol.